The number of carbonyl (C=O) groups excluding carboxylic acids is 5. The molecule has 4 heterocycles. The summed E-state index contributed by atoms with van der Waals surface area (Å²) in [6.07, 6.45) is 4.31. The molecular weight excluding hydrogens is 811 g/mol. The number of ether oxygens (including phenoxy) is 2. The summed E-state index contributed by atoms with van der Waals surface area (Å²) < 4.78 is 19.6. The normalized spacial score (nSPS) is 18.9. The SMILES string of the molecule is CC(C)(C)OC(=O)N[C@@H]1C(=O)N2C(C(=O)OC(c3ccccc3)c3ccccc3)=C(C=C3CCN(Cc4cc[n+](CC(=O)NCCO[Si](C)(C)C(C)(C)C)cc4)C3=O)CS[C@H]12. The van der Waals surface area contributed by atoms with Crippen molar-refractivity contribution >= 4 is 49.9 Å². The zero-order valence-corrected chi connectivity index (χ0v) is 38.2. The molecular formula is C46H58N5O8SSi+. The number of rotatable bonds is 14. The maximum Gasteiger partial charge on any atom is 0.408 e. The number of allylic oxidation sites excluding steroid dienone is 1. The Morgan fingerprint density at radius 3 is 2.15 bits per heavy atom. The fraction of sp³-hybridized carbons (Fsp3) is 0.435. The number of β-lactam (4-membered cyclic amide) rings is 1. The third-order valence-corrected chi connectivity index (χ3v) is 17.0. The number of alkyl carbamates (subject to hydrolysis) is 1. The lowest BCUT2D eigenvalue weighted by Crippen LogP contribution is -2.70. The molecule has 324 valence electrons. The van der Waals surface area contributed by atoms with Crippen LogP contribution in [0.5, 0.6) is 0 Å². The highest BCUT2D eigenvalue weighted by Crippen LogP contribution is 2.43. The van der Waals surface area contributed by atoms with Gasteiger partial charge in [-0.1, -0.05) is 81.4 Å². The molecule has 15 heteroatoms. The summed E-state index contributed by atoms with van der Waals surface area (Å²) in [6.45, 7) is 18.0. The van der Waals surface area contributed by atoms with Crippen LogP contribution >= 0.6 is 11.8 Å². The number of fused-ring (bicyclic) bond motifs is 1. The molecule has 0 saturated carbocycles. The first-order valence-corrected chi connectivity index (χ1v) is 24.6. The minimum atomic E-state index is -1.89. The molecule has 13 nitrogen and oxygen atoms in total. The van der Waals surface area contributed by atoms with Gasteiger partial charge in [-0.2, -0.15) is 4.57 Å². The topological polar surface area (TPSA) is 147 Å². The lowest BCUT2D eigenvalue weighted by Gasteiger charge is -2.49. The number of hydrogen-bond donors (Lipinski definition) is 2. The molecule has 2 aromatic carbocycles. The van der Waals surface area contributed by atoms with Crippen molar-refractivity contribution in [2.24, 2.45) is 0 Å². The summed E-state index contributed by atoms with van der Waals surface area (Å²) in [5, 5.41) is 5.13. The van der Waals surface area contributed by atoms with Crippen LogP contribution < -0.4 is 15.2 Å². The number of aromatic nitrogens is 1. The first-order chi connectivity index (χ1) is 28.8. The Hall–Kier alpha value is -5.25. The quantitative estimate of drug-likeness (QED) is 0.0486. The average molecular weight is 869 g/mol. The summed E-state index contributed by atoms with van der Waals surface area (Å²) in [5.74, 6) is -1.19. The van der Waals surface area contributed by atoms with Gasteiger partial charge in [0, 0.05) is 43.1 Å². The number of nitrogens with one attached hydrogen (secondary N) is 2. The van der Waals surface area contributed by atoms with Gasteiger partial charge >= 0.3 is 12.1 Å². The van der Waals surface area contributed by atoms with E-state index in [4.69, 9.17) is 13.9 Å². The molecule has 2 fully saturated rings. The molecule has 2 atom stereocenters. The van der Waals surface area contributed by atoms with Crippen molar-refractivity contribution in [2.75, 3.05) is 25.4 Å². The number of benzene rings is 2. The molecule has 2 saturated heterocycles. The van der Waals surface area contributed by atoms with Gasteiger partial charge < -0.3 is 29.4 Å². The van der Waals surface area contributed by atoms with E-state index in [0.717, 1.165) is 16.7 Å². The van der Waals surface area contributed by atoms with E-state index in [-0.39, 0.29) is 29.1 Å². The van der Waals surface area contributed by atoms with E-state index >= 15 is 0 Å². The number of pyridine rings is 1. The lowest BCUT2D eigenvalue weighted by atomic mass is 10.00. The molecule has 3 aliphatic rings. The van der Waals surface area contributed by atoms with Gasteiger partial charge in [-0.15, -0.1) is 11.8 Å². The minimum Gasteiger partial charge on any atom is -0.448 e. The molecule has 1 aromatic heterocycles. The Morgan fingerprint density at radius 1 is 0.934 bits per heavy atom. The number of hydrogen-bond acceptors (Lipinski definition) is 9. The van der Waals surface area contributed by atoms with Gasteiger partial charge in [0.25, 0.3) is 11.8 Å². The molecule has 3 aromatic rings. The second-order valence-electron chi connectivity index (χ2n) is 18.0. The zero-order chi connectivity index (χ0) is 44.1. The van der Waals surface area contributed by atoms with Crippen LogP contribution in [0.3, 0.4) is 0 Å². The highest BCUT2D eigenvalue weighted by molar-refractivity contribution is 8.00. The van der Waals surface area contributed by atoms with E-state index < -0.39 is 49.4 Å². The van der Waals surface area contributed by atoms with E-state index in [1.165, 1.54) is 16.7 Å². The van der Waals surface area contributed by atoms with E-state index in [0.29, 0.717) is 49.6 Å². The Bertz CT molecular complexity index is 2130. The molecule has 0 unspecified atom stereocenters. The lowest BCUT2D eigenvalue weighted by molar-refractivity contribution is -0.684. The second kappa shape index (κ2) is 18.8. The number of nitrogens with zero attached hydrogens (tertiary/aromatic N) is 3. The second-order valence-corrected chi connectivity index (χ2v) is 23.9. The zero-order valence-electron chi connectivity index (χ0n) is 36.4. The standard InChI is InChI=1S/C46H57N5O8SSi/c1-45(2,3)59-44(56)48-37-41(54)51-38(43(55)58-39(32-15-11-9-12-16-32)33-17-13-10-14-18-33)35(30-60-42(37)51)27-34-21-25-50(40(34)53)28-31-19-23-49(24-20-31)29-36(52)47-22-26-57-61(7,8)46(4,5)6/h9-20,23-24,27,37,39,42H,21-22,25-26,28-30H2,1-8H3,(H-,47,48,52,56)/p+1/t37-,42-/m1/s1. The predicted molar refractivity (Wildman–Crippen MR) is 235 cm³/mol. The molecule has 0 spiro atoms. The van der Waals surface area contributed by atoms with Gasteiger partial charge in [-0.25, -0.2) is 9.59 Å². The highest BCUT2D eigenvalue weighted by atomic mass is 32.2. The van der Waals surface area contributed by atoms with Crippen LogP contribution in [-0.2, 0) is 46.2 Å². The van der Waals surface area contributed by atoms with Crippen molar-refractivity contribution in [2.45, 2.75) is 102 Å². The van der Waals surface area contributed by atoms with Crippen molar-refractivity contribution in [3.63, 3.8) is 0 Å². The number of esters is 1. The van der Waals surface area contributed by atoms with Crippen molar-refractivity contribution in [3.05, 3.63) is 125 Å². The molecule has 6 rings (SSSR count). The number of likely N-dealkylation sites (tertiary alicyclic amines) is 1. The summed E-state index contributed by atoms with van der Waals surface area (Å²) in [5.41, 5.74) is 2.69. The molecule has 4 amide bonds. The van der Waals surface area contributed by atoms with Crippen molar-refractivity contribution < 1.29 is 42.4 Å². The van der Waals surface area contributed by atoms with Crippen LogP contribution in [0.2, 0.25) is 18.1 Å². The molecule has 0 bridgehead atoms. The fourth-order valence-corrected chi connectivity index (χ4v) is 9.29. The smallest absolute Gasteiger partial charge is 0.408 e. The van der Waals surface area contributed by atoms with E-state index in [9.17, 15) is 24.0 Å². The van der Waals surface area contributed by atoms with Gasteiger partial charge in [0.05, 0.1) is 6.61 Å². The third kappa shape index (κ3) is 11.2. The molecule has 61 heavy (non-hydrogen) atoms. The monoisotopic (exact) mass is 868 g/mol. The van der Waals surface area contributed by atoms with Crippen LogP contribution in [0.1, 0.15) is 70.8 Å². The maximum absolute atomic E-state index is 14.5. The van der Waals surface area contributed by atoms with Gasteiger partial charge in [-0.05, 0) is 73.7 Å². The minimum absolute atomic E-state index is 0.0476. The van der Waals surface area contributed by atoms with Gasteiger partial charge in [-0.3, -0.25) is 19.3 Å². The predicted octanol–water partition coefficient (Wildman–Crippen LogP) is 6.17. The van der Waals surface area contributed by atoms with E-state index in [2.05, 4.69) is 44.5 Å². The first-order valence-electron chi connectivity index (χ1n) is 20.7. The first kappa shape index (κ1) is 45.3. The maximum atomic E-state index is 14.5. The Morgan fingerprint density at radius 2 is 1.56 bits per heavy atom. The largest absolute Gasteiger partial charge is 0.448 e. The fourth-order valence-electron chi connectivity index (χ4n) is 6.94. The van der Waals surface area contributed by atoms with Crippen molar-refractivity contribution in [1.29, 1.82) is 0 Å². The van der Waals surface area contributed by atoms with Gasteiger partial charge in [0.2, 0.25) is 12.5 Å². The number of amides is 4. The summed E-state index contributed by atoms with van der Waals surface area (Å²) >= 11 is 1.39. The average Bonchev–Trinajstić information content (AvgIpc) is 3.54. The van der Waals surface area contributed by atoms with Crippen LogP contribution in [0.4, 0.5) is 4.79 Å². The number of carbonyl (C=O) groups is 5. The van der Waals surface area contributed by atoms with Gasteiger partial charge in [0.1, 0.15) is 22.7 Å². The Balaban J connectivity index is 1.16. The van der Waals surface area contributed by atoms with Crippen LogP contribution in [0, 0.1) is 0 Å². The Labute approximate surface area is 364 Å². The van der Waals surface area contributed by atoms with Crippen molar-refractivity contribution in [3.8, 4) is 0 Å². The molecule has 0 aliphatic carbocycles. The summed E-state index contributed by atoms with van der Waals surface area (Å²) in [4.78, 5) is 70.6. The van der Waals surface area contributed by atoms with E-state index in [1.807, 2.05) is 85.2 Å². The Kier molecular flexibility index (Phi) is 13.9. The summed E-state index contributed by atoms with van der Waals surface area (Å²) in [6, 6.07) is 21.6. The molecule has 2 N–H and O–H groups in total. The van der Waals surface area contributed by atoms with E-state index in [1.54, 1.807) is 36.3 Å². The number of thioether (sulfide) groups is 1. The third-order valence-electron chi connectivity index (χ3n) is 11.2. The van der Waals surface area contributed by atoms with Crippen LogP contribution in [-0.4, -0.2) is 90.4 Å². The molecule has 0 radical (unpaired) electrons. The van der Waals surface area contributed by atoms with Crippen LogP contribution in [0.25, 0.3) is 0 Å². The van der Waals surface area contributed by atoms with Crippen LogP contribution in [0.15, 0.2) is 108 Å². The van der Waals surface area contributed by atoms with Crippen molar-refractivity contribution in [1.82, 2.24) is 20.4 Å². The summed E-state index contributed by atoms with van der Waals surface area (Å²) in [7, 11) is -1.89. The van der Waals surface area contributed by atoms with Gasteiger partial charge in [0.15, 0.2) is 26.8 Å². The highest BCUT2D eigenvalue weighted by Gasteiger charge is 2.55. The molecule has 3 aliphatic heterocycles.